The number of nitrogens with zero attached hydrogens (tertiary/aromatic N) is 2. The van der Waals surface area contributed by atoms with Gasteiger partial charge in [-0.05, 0) is 11.8 Å². The lowest BCUT2D eigenvalue weighted by Crippen LogP contribution is -2.09. The van der Waals surface area contributed by atoms with E-state index in [4.69, 9.17) is 10.5 Å². The van der Waals surface area contributed by atoms with Crippen molar-refractivity contribution < 1.29 is 13.2 Å². The summed E-state index contributed by atoms with van der Waals surface area (Å²) in [7, 11) is 0. The van der Waals surface area contributed by atoms with E-state index in [-0.39, 0.29) is 0 Å². The van der Waals surface area contributed by atoms with E-state index in [2.05, 4.69) is 0 Å². The number of rotatable bonds is 2. The largest absolute Gasteiger partial charge is 0.443 e. The van der Waals surface area contributed by atoms with Gasteiger partial charge in [0, 0.05) is 0 Å². The molecule has 11 heavy (non-hydrogen) atoms. The molecule has 1 atom stereocenters. The van der Waals surface area contributed by atoms with E-state index in [1.807, 2.05) is 0 Å². The highest BCUT2D eigenvalue weighted by atomic mass is 32.2. The van der Waals surface area contributed by atoms with Gasteiger partial charge in [0.05, 0.1) is 18.6 Å². The number of alkyl halides is 3. The van der Waals surface area contributed by atoms with Crippen molar-refractivity contribution in [3.05, 3.63) is 0 Å². The van der Waals surface area contributed by atoms with Gasteiger partial charge in [-0.15, -0.1) is 0 Å². The molecule has 0 rings (SSSR count). The highest BCUT2D eigenvalue weighted by molar-refractivity contribution is 8.00. The van der Waals surface area contributed by atoms with Crippen molar-refractivity contribution in [1.82, 2.24) is 0 Å². The Morgan fingerprint density at radius 2 is 1.91 bits per heavy atom. The van der Waals surface area contributed by atoms with Crippen LogP contribution < -0.4 is 0 Å². The quantitative estimate of drug-likeness (QED) is 0.653. The summed E-state index contributed by atoms with van der Waals surface area (Å²) in [4.78, 5) is 0. The van der Waals surface area contributed by atoms with E-state index in [0.29, 0.717) is 0 Å². The van der Waals surface area contributed by atoms with Gasteiger partial charge in [-0.1, -0.05) is 0 Å². The van der Waals surface area contributed by atoms with Crippen LogP contribution in [0.25, 0.3) is 0 Å². The minimum atomic E-state index is -4.43. The fraction of sp³-hybridized carbons (Fsp3) is 0.600. The molecule has 0 aliphatic carbocycles. The average Bonchev–Trinajstić information content (AvgIpc) is 1.84. The zero-order valence-electron chi connectivity index (χ0n) is 5.22. The minimum absolute atomic E-state index is 0.402. The highest BCUT2D eigenvalue weighted by Crippen LogP contribution is 2.34. The SMILES string of the molecule is N#CCC(C#N)SC(F)(F)F. The molecule has 2 nitrogen and oxygen atoms in total. The molecule has 0 fully saturated rings. The molecule has 0 aromatic carbocycles. The number of hydrogen-bond donors (Lipinski definition) is 0. The lowest BCUT2D eigenvalue weighted by atomic mass is 10.4. The van der Waals surface area contributed by atoms with Gasteiger partial charge in [0.1, 0.15) is 5.25 Å². The second-order valence-corrected chi connectivity index (χ2v) is 2.81. The van der Waals surface area contributed by atoms with Gasteiger partial charge in [-0.2, -0.15) is 23.7 Å². The lowest BCUT2D eigenvalue weighted by molar-refractivity contribution is -0.0330. The number of thioether (sulfide) groups is 1. The molecule has 0 aliphatic rings. The Morgan fingerprint density at radius 3 is 2.18 bits per heavy atom. The molecular weight excluding hydrogens is 177 g/mol. The van der Waals surface area contributed by atoms with Crippen LogP contribution in [0.3, 0.4) is 0 Å². The monoisotopic (exact) mass is 180 g/mol. The molecule has 60 valence electrons. The van der Waals surface area contributed by atoms with Gasteiger partial charge < -0.3 is 0 Å². The van der Waals surface area contributed by atoms with Crippen LogP contribution in [0.4, 0.5) is 13.2 Å². The smallest absolute Gasteiger partial charge is 0.198 e. The fourth-order valence-electron chi connectivity index (χ4n) is 0.358. The summed E-state index contributed by atoms with van der Waals surface area (Å²) in [5.41, 5.74) is -4.43. The van der Waals surface area contributed by atoms with Crippen LogP contribution in [0, 0.1) is 22.7 Å². The lowest BCUT2D eigenvalue weighted by Gasteiger charge is -2.06. The Hall–Kier alpha value is -0.880. The van der Waals surface area contributed by atoms with Crippen LogP contribution in [0.15, 0.2) is 0 Å². The van der Waals surface area contributed by atoms with Crippen molar-refractivity contribution in [3.63, 3.8) is 0 Å². The summed E-state index contributed by atoms with van der Waals surface area (Å²) < 4.78 is 34.6. The number of halogens is 3. The van der Waals surface area contributed by atoms with E-state index in [0.717, 1.165) is 0 Å². The Balaban J connectivity index is 3.93. The number of nitriles is 2. The maximum atomic E-state index is 11.5. The van der Waals surface area contributed by atoms with Gasteiger partial charge in [-0.3, -0.25) is 0 Å². The Labute approximate surface area is 65.6 Å². The summed E-state index contributed by atoms with van der Waals surface area (Å²) in [5, 5.41) is 14.8. The molecule has 0 amide bonds. The predicted molar refractivity (Wildman–Crippen MR) is 33.3 cm³/mol. The van der Waals surface area contributed by atoms with Crippen molar-refractivity contribution >= 4 is 11.8 Å². The van der Waals surface area contributed by atoms with Crippen LogP contribution in [0.5, 0.6) is 0 Å². The summed E-state index contributed by atoms with van der Waals surface area (Å²) in [6, 6.07) is 2.88. The fourth-order valence-corrected chi connectivity index (χ4v) is 0.891. The summed E-state index contributed by atoms with van der Waals surface area (Å²) in [6.07, 6.45) is -0.402. The van der Waals surface area contributed by atoms with Gasteiger partial charge in [0.2, 0.25) is 0 Å². The molecule has 0 saturated carbocycles. The number of hydrogen-bond acceptors (Lipinski definition) is 3. The zero-order chi connectivity index (χ0) is 8.91. The molecule has 6 heteroatoms. The van der Waals surface area contributed by atoms with E-state index in [1.54, 1.807) is 0 Å². The Bertz CT molecular complexity index is 199. The average molecular weight is 180 g/mol. The van der Waals surface area contributed by atoms with Crippen molar-refractivity contribution in [2.24, 2.45) is 0 Å². The first-order chi connectivity index (χ1) is 4.99. The zero-order valence-corrected chi connectivity index (χ0v) is 6.04. The van der Waals surface area contributed by atoms with Gasteiger partial charge in [0.15, 0.2) is 0 Å². The Morgan fingerprint density at radius 1 is 1.36 bits per heavy atom. The summed E-state index contributed by atoms with van der Waals surface area (Å²) >= 11 is -0.457. The van der Waals surface area contributed by atoms with Crippen LogP contribution in [-0.4, -0.2) is 10.8 Å². The molecule has 0 saturated heterocycles. The van der Waals surface area contributed by atoms with E-state index >= 15 is 0 Å². The minimum Gasteiger partial charge on any atom is -0.198 e. The van der Waals surface area contributed by atoms with E-state index < -0.39 is 28.9 Å². The first kappa shape index (κ1) is 10.1. The molecule has 0 heterocycles. The van der Waals surface area contributed by atoms with E-state index in [1.165, 1.54) is 12.1 Å². The maximum Gasteiger partial charge on any atom is 0.443 e. The van der Waals surface area contributed by atoms with Crippen LogP contribution in [0.1, 0.15) is 6.42 Å². The van der Waals surface area contributed by atoms with Crippen LogP contribution in [-0.2, 0) is 0 Å². The van der Waals surface area contributed by atoms with Gasteiger partial charge in [-0.25, -0.2) is 0 Å². The normalized spacial score (nSPS) is 13.2. The van der Waals surface area contributed by atoms with Gasteiger partial charge in [0.25, 0.3) is 0 Å². The van der Waals surface area contributed by atoms with Crippen molar-refractivity contribution in [3.8, 4) is 12.1 Å². The van der Waals surface area contributed by atoms with Crippen molar-refractivity contribution in [1.29, 1.82) is 10.5 Å². The third-order valence-corrected chi connectivity index (χ3v) is 1.52. The van der Waals surface area contributed by atoms with Crippen LogP contribution >= 0.6 is 11.8 Å². The van der Waals surface area contributed by atoms with E-state index in [9.17, 15) is 13.2 Å². The first-order valence-corrected chi connectivity index (χ1v) is 3.38. The highest BCUT2D eigenvalue weighted by Gasteiger charge is 2.32. The molecule has 0 aliphatic heterocycles. The molecule has 0 aromatic rings. The first-order valence-electron chi connectivity index (χ1n) is 2.50. The molecule has 0 spiro atoms. The third-order valence-electron chi connectivity index (χ3n) is 0.697. The Kier molecular flexibility index (Phi) is 3.77. The third kappa shape index (κ3) is 5.56. The molecule has 0 aromatic heterocycles. The maximum absolute atomic E-state index is 11.5. The van der Waals surface area contributed by atoms with Gasteiger partial charge >= 0.3 is 5.51 Å². The molecule has 0 radical (unpaired) electrons. The topological polar surface area (TPSA) is 47.6 Å². The standard InChI is InChI=1S/C5H3F3N2S/c6-5(7,8)11-4(3-10)1-2-9/h4H,1H2. The molecule has 1 unspecified atom stereocenters. The van der Waals surface area contributed by atoms with Crippen molar-refractivity contribution in [2.75, 3.05) is 0 Å². The summed E-state index contributed by atoms with van der Waals surface area (Å²) in [5.74, 6) is 0. The van der Waals surface area contributed by atoms with Crippen LogP contribution in [0.2, 0.25) is 0 Å². The second kappa shape index (κ2) is 4.09. The predicted octanol–water partition coefficient (Wildman–Crippen LogP) is 2.05. The molecular formula is C5H3F3N2S. The molecule has 0 N–H and O–H groups in total. The summed E-state index contributed by atoms with van der Waals surface area (Å²) in [6.45, 7) is 0. The molecule has 0 bridgehead atoms. The second-order valence-electron chi connectivity index (χ2n) is 1.54. The van der Waals surface area contributed by atoms with Crippen molar-refractivity contribution in [2.45, 2.75) is 17.2 Å².